The van der Waals surface area contributed by atoms with Crippen LogP contribution >= 0.6 is 0 Å². The summed E-state index contributed by atoms with van der Waals surface area (Å²) < 4.78 is 17.1. The molecular weight excluding hydrogens is 765 g/mol. The highest BCUT2D eigenvalue weighted by Crippen LogP contribution is 2.07. The van der Waals surface area contributed by atoms with Crippen LogP contribution in [-0.4, -0.2) is 37.9 Å². The number of carbonyl (C=O) groups is 2. The minimum atomic E-state index is -0.650. The van der Waals surface area contributed by atoms with Crippen LogP contribution in [-0.2, 0) is 23.8 Å². The number of rotatable bonds is 40. The average molecular weight is 849 g/mol. The van der Waals surface area contributed by atoms with Gasteiger partial charge in [0, 0.05) is 6.42 Å². The van der Waals surface area contributed by atoms with Gasteiger partial charge in [0.25, 0.3) is 0 Å². The first-order valence-electron chi connectivity index (χ1n) is 23.7. The highest BCUT2D eigenvalue weighted by Gasteiger charge is 2.17. The summed E-state index contributed by atoms with van der Waals surface area (Å²) in [5, 5.41) is 0. The zero-order valence-corrected chi connectivity index (χ0v) is 39.0. The third-order valence-electron chi connectivity index (χ3n) is 8.78. The molecule has 0 spiro atoms. The van der Waals surface area contributed by atoms with Gasteiger partial charge in [0.1, 0.15) is 6.61 Å². The Morgan fingerprint density at radius 3 is 1.10 bits per heavy atom. The number of carbonyl (C=O) groups excluding carboxylic acids is 2. The first-order chi connectivity index (χ1) is 30.6. The Hall–Kier alpha value is -4.74. The van der Waals surface area contributed by atoms with Crippen LogP contribution in [0.1, 0.15) is 149 Å². The summed E-state index contributed by atoms with van der Waals surface area (Å²) in [5.74, 6) is -0.653. The number of allylic oxidation sites excluding steroid dienone is 26. The molecule has 1 atom stereocenters. The lowest BCUT2D eigenvalue weighted by Gasteiger charge is -2.18. The second-order valence-corrected chi connectivity index (χ2v) is 14.5. The van der Waals surface area contributed by atoms with E-state index in [0.29, 0.717) is 13.0 Å². The molecule has 0 aliphatic carbocycles. The van der Waals surface area contributed by atoms with Crippen molar-refractivity contribution < 1.29 is 23.8 Å². The Labute approximate surface area is 379 Å². The van der Waals surface area contributed by atoms with E-state index in [1.807, 2.05) is 12.2 Å². The summed E-state index contributed by atoms with van der Waals surface area (Å²) in [6.07, 6.45) is 76.9. The minimum Gasteiger partial charge on any atom is -0.461 e. The lowest BCUT2D eigenvalue weighted by molar-refractivity contribution is -0.162. The van der Waals surface area contributed by atoms with Crippen LogP contribution in [0.25, 0.3) is 0 Å². The molecule has 0 rings (SSSR count). The summed E-state index contributed by atoms with van der Waals surface area (Å²) in [5.41, 5.74) is 0. The largest absolute Gasteiger partial charge is 0.461 e. The van der Waals surface area contributed by atoms with Crippen molar-refractivity contribution in [2.45, 2.75) is 155 Å². The van der Waals surface area contributed by atoms with E-state index < -0.39 is 6.10 Å². The van der Waals surface area contributed by atoms with Crippen molar-refractivity contribution in [3.05, 3.63) is 170 Å². The smallest absolute Gasteiger partial charge is 0.309 e. The van der Waals surface area contributed by atoms with Crippen LogP contribution in [0.4, 0.5) is 0 Å². The Bertz CT molecular complexity index is 1470. The SMILES string of the molecule is CC/C=C\C/C=C\C/C=C\C/C=C\C/C=C\CCOCC(COC(=O)C/C=C\C/C=C\C/C=C\C/C=C\C/C=C\CC)OC(=O)CCCC/C=C\C/C=C\C/C=C\C/C=C\CC. The maximum Gasteiger partial charge on any atom is 0.309 e. The fourth-order valence-electron chi connectivity index (χ4n) is 5.40. The third-order valence-corrected chi connectivity index (χ3v) is 8.78. The zero-order chi connectivity index (χ0) is 44.9. The molecule has 342 valence electrons. The molecule has 0 saturated heterocycles. The van der Waals surface area contributed by atoms with E-state index in [0.717, 1.165) is 116 Å². The normalized spacial score (nSPS) is 13.8. The second kappa shape index (κ2) is 50.6. The predicted molar refractivity (Wildman–Crippen MR) is 269 cm³/mol. The van der Waals surface area contributed by atoms with Crippen molar-refractivity contribution >= 4 is 11.9 Å². The number of hydrogen-bond donors (Lipinski definition) is 0. The highest BCUT2D eigenvalue weighted by molar-refractivity contribution is 5.71. The van der Waals surface area contributed by atoms with Gasteiger partial charge in [0.2, 0.25) is 0 Å². The first-order valence-corrected chi connectivity index (χ1v) is 23.7. The third kappa shape index (κ3) is 47.9. The lowest BCUT2D eigenvalue weighted by Crippen LogP contribution is -2.30. The van der Waals surface area contributed by atoms with E-state index in [1.54, 1.807) is 0 Å². The Balaban J connectivity index is 4.64. The molecule has 5 nitrogen and oxygen atoms in total. The molecule has 0 bridgehead atoms. The Morgan fingerprint density at radius 2 is 0.710 bits per heavy atom. The topological polar surface area (TPSA) is 61.8 Å². The Kier molecular flexibility index (Phi) is 46.7. The van der Waals surface area contributed by atoms with Gasteiger partial charge in [-0.1, -0.05) is 191 Å². The van der Waals surface area contributed by atoms with Crippen molar-refractivity contribution in [1.29, 1.82) is 0 Å². The Morgan fingerprint density at radius 1 is 0.371 bits per heavy atom. The molecule has 0 saturated carbocycles. The molecular formula is C57H84O5. The summed E-state index contributed by atoms with van der Waals surface area (Å²) in [6.45, 7) is 7.07. The number of ether oxygens (including phenoxy) is 3. The van der Waals surface area contributed by atoms with Gasteiger partial charge in [-0.2, -0.15) is 0 Å². The molecule has 1 unspecified atom stereocenters. The van der Waals surface area contributed by atoms with Crippen molar-refractivity contribution in [3.8, 4) is 0 Å². The van der Waals surface area contributed by atoms with Crippen LogP contribution in [0.5, 0.6) is 0 Å². The van der Waals surface area contributed by atoms with Crippen LogP contribution in [0.15, 0.2) is 170 Å². The maximum atomic E-state index is 12.7. The van der Waals surface area contributed by atoms with Gasteiger partial charge in [-0.05, 0) is 116 Å². The molecule has 0 amide bonds. The maximum absolute atomic E-state index is 12.7. The molecule has 0 radical (unpaired) electrons. The summed E-state index contributed by atoms with van der Waals surface area (Å²) in [6, 6.07) is 0. The molecule has 0 aliphatic heterocycles. The monoisotopic (exact) mass is 849 g/mol. The fourth-order valence-corrected chi connectivity index (χ4v) is 5.40. The summed E-state index contributed by atoms with van der Waals surface area (Å²) >= 11 is 0. The van der Waals surface area contributed by atoms with Crippen LogP contribution < -0.4 is 0 Å². The van der Waals surface area contributed by atoms with E-state index in [9.17, 15) is 9.59 Å². The standard InChI is InChI=1S/C57H84O5/c1-4-7-10-13-16-19-22-25-28-31-34-37-40-43-46-49-52-60-53-55(62-57(59)51-48-45-42-39-36-33-30-27-24-21-18-15-12-9-6-3)54-61-56(58)50-47-44-41-38-35-32-29-26-23-20-17-14-11-8-5-2/h7-12,16-21,25-30,34-39,43-44,46-47,55H,4-6,13-15,22-24,31-33,40-42,45,48-54H2,1-3H3/b10-7-,11-8-,12-9-,19-16-,20-17-,21-18-,28-25-,29-26-,30-27-,37-34-,38-35-,39-36-,46-43-,47-44-. The van der Waals surface area contributed by atoms with Gasteiger partial charge >= 0.3 is 11.9 Å². The lowest BCUT2D eigenvalue weighted by atomic mass is 10.2. The van der Waals surface area contributed by atoms with E-state index >= 15 is 0 Å². The van der Waals surface area contributed by atoms with E-state index in [2.05, 4.69) is 179 Å². The molecule has 0 aromatic carbocycles. The fraction of sp³-hybridized carbons (Fsp3) is 0.474. The van der Waals surface area contributed by atoms with Gasteiger partial charge in [-0.3, -0.25) is 9.59 Å². The zero-order valence-electron chi connectivity index (χ0n) is 39.0. The van der Waals surface area contributed by atoms with Gasteiger partial charge in [-0.15, -0.1) is 0 Å². The van der Waals surface area contributed by atoms with Gasteiger partial charge in [0.05, 0.1) is 19.6 Å². The minimum absolute atomic E-state index is 0.0289. The van der Waals surface area contributed by atoms with E-state index in [4.69, 9.17) is 14.2 Å². The molecule has 0 aromatic heterocycles. The quantitative estimate of drug-likeness (QED) is 0.0349. The number of hydrogen-bond acceptors (Lipinski definition) is 5. The molecule has 0 fully saturated rings. The van der Waals surface area contributed by atoms with Crippen molar-refractivity contribution in [1.82, 2.24) is 0 Å². The van der Waals surface area contributed by atoms with Crippen molar-refractivity contribution in [2.75, 3.05) is 19.8 Å². The van der Waals surface area contributed by atoms with Crippen LogP contribution in [0.2, 0.25) is 0 Å². The number of esters is 2. The van der Waals surface area contributed by atoms with Crippen LogP contribution in [0.3, 0.4) is 0 Å². The van der Waals surface area contributed by atoms with Gasteiger partial charge in [-0.25, -0.2) is 0 Å². The molecule has 0 aromatic rings. The van der Waals surface area contributed by atoms with Crippen molar-refractivity contribution in [2.24, 2.45) is 0 Å². The van der Waals surface area contributed by atoms with Crippen LogP contribution in [0, 0.1) is 0 Å². The average Bonchev–Trinajstić information content (AvgIpc) is 3.27. The molecule has 5 heteroatoms. The molecule has 0 aliphatic rings. The van der Waals surface area contributed by atoms with E-state index in [1.165, 1.54) is 0 Å². The van der Waals surface area contributed by atoms with Gasteiger partial charge < -0.3 is 14.2 Å². The molecule has 62 heavy (non-hydrogen) atoms. The van der Waals surface area contributed by atoms with Crippen molar-refractivity contribution in [3.63, 3.8) is 0 Å². The number of unbranched alkanes of at least 4 members (excludes halogenated alkanes) is 2. The second-order valence-electron chi connectivity index (χ2n) is 14.5. The predicted octanol–water partition coefficient (Wildman–Crippen LogP) is 16.1. The molecule has 0 heterocycles. The highest BCUT2D eigenvalue weighted by atomic mass is 16.6. The van der Waals surface area contributed by atoms with E-state index in [-0.39, 0.29) is 31.6 Å². The first kappa shape index (κ1) is 57.3. The summed E-state index contributed by atoms with van der Waals surface area (Å²) in [4.78, 5) is 25.3. The van der Waals surface area contributed by atoms with Gasteiger partial charge in [0.15, 0.2) is 6.10 Å². The summed E-state index contributed by atoms with van der Waals surface area (Å²) in [7, 11) is 0. The molecule has 0 N–H and O–H groups in total.